The molecule has 0 bridgehead atoms. The van der Waals surface area contributed by atoms with Gasteiger partial charge in [0.05, 0.1) is 0 Å². The van der Waals surface area contributed by atoms with E-state index in [0.29, 0.717) is 10.8 Å². The van der Waals surface area contributed by atoms with Gasteiger partial charge in [-0.15, -0.1) is 14.8 Å². The molecule has 0 atom stereocenters. The maximum Gasteiger partial charge on any atom is 0.207 e. The molecule has 0 aliphatic carbocycles. The van der Waals surface area contributed by atoms with Crippen molar-refractivity contribution in [2.45, 2.75) is 0 Å². The van der Waals surface area contributed by atoms with Crippen LogP contribution in [0, 0.1) is 0 Å². The van der Waals surface area contributed by atoms with Crippen molar-refractivity contribution < 1.29 is 0 Å². The molecule has 0 amide bonds. The summed E-state index contributed by atoms with van der Waals surface area (Å²) < 4.78 is 1.32. The Morgan fingerprint density at radius 2 is 1.93 bits per heavy atom. The van der Waals surface area contributed by atoms with Crippen LogP contribution in [0.3, 0.4) is 0 Å². The number of fused-ring (bicyclic) bond motifs is 3. The topological polar surface area (TPSA) is 56.0 Å². The first-order valence-corrected chi connectivity index (χ1v) is 4.37. The third-order valence-corrected chi connectivity index (χ3v) is 2.31. The monoisotopic (exact) mass is 205 g/mol. The first-order valence-electron chi connectivity index (χ1n) is 3.99. The summed E-state index contributed by atoms with van der Waals surface area (Å²) in [4.78, 5) is 0. The lowest BCUT2D eigenvalue weighted by molar-refractivity contribution is 0.736. The summed E-state index contributed by atoms with van der Waals surface area (Å²) >= 11 is 5.97. The third kappa shape index (κ3) is 0.898. The molecule has 0 fully saturated rings. The van der Waals surface area contributed by atoms with Crippen LogP contribution in [-0.4, -0.2) is 25.3 Å². The zero-order valence-electron chi connectivity index (χ0n) is 6.92. The van der Waals surface area contributed by atoms with E-state index >= 15 is 0 Å². The van der Waals surface area contributed by atoms with Crippen LogP contribution in [0.1, 0.15) is 0 Å². The Morgan fingerprint density at radius 3 is 2.79 bits per heavy atom. The molecule has 3 aromatic rings. The van der Waals surface area contributed by atoms with Gasteiger partial charge in [-0.2, -0.15) is 0 Å². The molecule has 68 valence electrons. The number of rotatable bonds is 0. The largest absolute Gasteiger partial charge is 0.207 e. The van der Waals surface area contributed by atoms with Crippen LogP contribution in [0.4, 0.5) is 0 Å². The number of halogens is 1. The van der Waals surface area contributed by atoms with E-state index in [-0.39, 0.29) is 0 Å². The van der Waals surface area contributed by atoms with Gasteiger partial charge in [-0.25, -0.2) is 0 Å². The fourth-order valence-corrected chi connectivity index (χ4v) is 1.64. The number of nitrogens with zero attached hydrogens (tertiary/aromatic N) is 5. The zero-order valence-corrected chi connectivity index (χ0v) is 7.68. The van der Waals surface area contributed by atoms with Crippen LogP contribution in [0.25, 0.3) is 16.4 Å². The smallest absolute Gasteiger partial charge is 0.134 e. The molecule has 0 N–H and O–H groups in total. The molecule has 0 radical (unpaired) electrons. The van der Waals surface area contributed by atoms with Crippen molar-refractivity contribution in [1.82, 2.24) is 25.3 Å². The van der Waals surface area contributed by atoms with E-state index in [9.17, 15) is 0 Å². The summed E-state index contributed by atoms with van der Waals surface area (Å²) in [7, 11) is 0. The summed E-state index contributed by atoms with van der Waals surface area (Å²) in [6.07, 6.45) is 0. The summed E-state index contributed by atoms with van der Waals surface area (Å²) in [5, 5.41) is 17.3. The summed E-state index contributed by atoms with van der Waals surface area (Å²) in [5.41, 5.74) is 0.616. The standard InChI is InChI=1S/C8H4ClN5/c9-7-5-3-1-2-4-6(5)8-10-12-13-14(8)11-7/h1-4H. The maximum absolute atomic E-state index is 5.97. The second-order valence-electron chi connectivity index (χ2n) is 2.83. The molecule has 3 rings (SSSR count). The quantitative estimate of drug-likeness (QED) is 0.556. The van der Waals surface area contributed by atoms with Crippen LogP contribution in [0.15, 0.2) is 24.3 Å². The maximum atomic E-state index is 5.97. The number of aromatic nitrogens is 5. The predicted molar refractivity (Wildman–Crippen MR) is 51.1 cm³/mol. The van der Waals surface area contributed by atoms with Gasteiger partial charge in [0.15, 0.2) is 5.15 Å². The van der Waals surface area contributed by atoms with E-state index in [0.717, 1.165) is 10.8 Å². The molecule has 2 heterocycles. The molecule has 1 aromatic carbocycles. The van der Waals surface area contributed by atoms with Crippen molar-refractivity contribution in [2.75, 3.05) is 0 Å². The minimum atomic E-state index is 0.403. The highest BCUT2D eigenvalue weighted by atomic mass is 35.5. The van der Waals surface area contributed by atoms with Gasteiger partial charge in [-0.1, -0.05) is 35.9 Å². The van der Waals surface area contributed by atoms with Gasteiger partial charge in [0.25, 0.3) is 0 Å². The van der Waals surface area contributed by atoms with Gasteiger partial charge in [-0.3, -0.25) is 0 Å². The van der Waals surface area contributed by atoms with Gasteiger partial charge in [-0.05, 0) is 10.4 Å². The molecule has 0 unspecified atom stereocenters. The van der Waals surface area contributed by atoms with E-state index in [1.54, 1.807) is 0 Å². The van der Waals surface area contributed by atoms with Crippen LogP contribution in [-0.2, 0) is 0 Å². The first-order chi connectivity index (χ1) is 6.86. The van der Waals surface area contributed by atoms with Gasteiger partial charge >= 0.3 is 0 Å². The zero-order chi connectivity index (χ0) is 9.54. The minimum absolute atomic E-state index is 0.403. The molecule has 14 heavy (non-hydrogen) atoms. The minimum Gasteiger partial charge on any atom is -0.134 e. The Labute approximate surface area is 83.3 Å². The molecular weight excluding hydrogens is 202 g/mol. The lowest BCUT2D eigenvalue weighted by Gasteiger charge is -1.98. The highest BCUT2D eigenvalue weighted by Crippen LogP contribution is 2.22. The fraction of sp³-hybridized carbons (Fsp3) is 0. The van der Waals surface area contributed by atoms with Crippen LogP contribution < -0.4 is 0 Å². The molecule has 2 aromatic heterocycles. The Hall–Kier alpha value is -1.75. The summed E-state index contributed by atoms with van der Waals surface area (Å²) in [5.74, 6) is 0. The number of tetrazole rings is 1. The molecule has 0 spiro atoms. The van der Waals surface area contributed by atoms with E-state index < -0.39 is 0 Å². The Morgan fingerprint density at radius 1 is 1.14 bits per heavy atom. The molecule has 0 saturated carbocycles. The van der Waals surface area contributed by atoms with Gasteiger partial charge in [0, 0.05) is 10.8 Å². The van der Waals surface area contributed by atoms with Gasteiger partial charge in [0.1, 0.15) is 0 Å². The van der Waals surface area contributed by atoms with Crippen molar-refractivity contribution in [3.8, 4) is 0 Å². The number of hydrogen-bond donors (Lipinski definition) is 0. The van der Waals surface area contributed by atoms with E-state index in [1.165, 1.54) is 4.63 Å². The predicted octanol–water partition coefficient (Wildman–Crippen LogP) is 1.33. The van der Waals surface area contributed by atoms with Crippen molar-refractivity contribution in [1.29, 1.82) is 0 Å². The summed E-state index contributed by atoms with van der Waals surface area (Å²) in [6.45, 7) is 0. The second kappa shape index (κ2) is 2.62. The van der Waals surface area contributed by atoms with Crippen molar-refractivity contribution in [2.24, 2.45) is 0 Å². The van der Waals surface area contributed by atoms with Crippen LogP contribution in [0.2, 0.25) is 5.15 Å². The van der Waals surface area contributed by atoms with Crippen LogP contribution >= 0.6 is 11.6 Å². The van der Waals surface area contributed by atoms with E-state index in [1.807, 2.05) is 24.3 Å². The highest BCUT2D eigenvalue weighted by molar-refractivity contribution is 6.34. The molecule has 0 aliphatic rings. The third-order valence-electron chi connectivity index (χ3n) is 2.03. The Balaban J connectivity index is 2.67. The fourth-order valence-electron chi connectivity index (χ4n) is 1.41. The number of benzene rings is 1. The lowest BCUT2D eigenvalue weighted by atomic mass is 10.2. The average Bonchev–Trinajstić information content (AvgIpc) is 2.66. The Kier molecular flexibility index (Phi) is 1.43. The lowest BCUT2D eigenvalue weighted by Crippen LogP contribution is -1.95. The normalized spacial score (nSPS) is 11.2. The molecular formula is C8H4ClN5. The highest BCUT2D eigenvalue weighted by Gasteiger charge is 2.07. The summed E-state index contributed by atoms with van der Waals surface area (Å²) in [6, 6.07) is 7.61. The second-order valence-corrected chi connectivity index (χ2v) is 3.19. The molecule has 0 saturated heterocycles. The van der Waals surface area contributed by atoms with E-state index in [2.05, 4.69) is 20.6 Å². The van der Waals surface area contributed by atoms with Crippen molar-refractivity contribution in [3.05, 3.63) is 29.4 Å². The molecule has 0 aliphatic heterocycles. The van der Waals surface area contributed by atoms with Crippen molar-refractivity contribution in [3.63, 3.8) is 0 Å². The average molecular weight is 206 g/mol. The van der Waals surface area contributed by atoms with Crippen LogP contribution in [0.5, 0.6) is 0 Å². The van der Waals surface area contributed by atoms with E-state index in [4.69, 9.17) is 11.6 Å². The molecule has 5 nitrogen and oxygen atoms in total. The van der Waals surface area contributed by atoms with Gasteiger partial charge in [0.2, 0.25) is 5.65 Å². The Bertz CT molecular complexity index is 617. The van der Waals surface area contributed by atoms with Crippen molar-refractivity contribution >= 4 is 28.0 Å². The van der Waals surface area contributed by atoms with Gasteiger partial charge < -0.3 is 0 Å². The SMILES string of the molecule is Clc1nn2nnnc2c2ccccc12. The molecule has 6 heteroatoms. The first kappa shape index (κ1) is 7.64. The number of hydrogen-bond acceptors (Lipinski definition) is 4.